The van der Waals surface area contributed by atoms with Gasteiger partial charge in [0.05, 0.1) is 12.0 Å². The van der Waals surface area contributed by atoms with Crippen LogP contribution >= 0.6 is 23.5 Å². The number of anilines is 1. The zero-order valence-electron chi connectivity index (χ0n) is 20.0. The minimum Gasteiger partial charge on any atom is -0.387 e. The molecule has 0 radical (unpaired) electrons. The second-order valence-electron chi connectivity index (χ2n) is 7.50. The van der Waals surface area contributed by atoms with Crippen LogP contribution in [-0.2, 0) is 49.7 Å². The summed E-state index contributed by atoms with van der Waals surface area (Å²) in [6, 6.07) is 0. The quantitative estimate of drug-likeness (QED) is 0.338. The number of aromatic nitrogens is 3. The summed E-state index contributed by atoms with van der Waals surface area (Å²) < 4.78 is 107. The van der Waals surface area contributed by atoms with E-state index in [1.54, 1.807) is 0 Å². The number of aliphatic hydroxyl groups excluding tert-OH is 1. The van der Waals surface area contributed by atoms with E-state index < -0.39 is 60.0 Å². The van der Waals surface area contributed by atoms with E-state index in [2.05, 4.69) is 32.4 Å². The number of aliphatic hydroxyl groups is 1. The number of nitrogen functional groups attached to an aromatic ring is 1. The molecule has 0 aliphatic carbocycles. The van der Waals surface area contributed by atoms with Gasteiger partial charge in [-0.05, 0) is 6.92 Å². The molecule has 210 valence electrons. The Morgan fingerprint density at radius 2 is 1.65 bits per heavy atom. The molecule has 0 amide bonds. The van der Waals surface area contributed by atoms with Gasteiger partial charge < -0.3 is 15.6 Å². The fraction of sp³-hybridized carbons (Fsp3) is 0.625. The summed E-state index contributed by atoms with van der Waals surface area (Å²) in [5, 5.41) is 10.4. The maximum atomic E-state index is 15.6. The number of ether oxygens (including phenoxy) is 1. The fourth-order valence-corrected chi connectivity index (χ4v) is 7.79. The third kappa shape index (κ3) is 5.96. The van der Waals surface area contributed by atoms with Gasteiger partial charge in [0.15, 0.2) is 23.4 Å². The highest BCUT2D eigenvalue weighted by molar-refractivity contribution is 7.67. The molecule has 1 aliphatic heterocycles. The predicted molar refractivity (Wildman–Crippen MR) is 120 cm³/mol. The molecular formula is C16H25F2N4O12P3. The van der Waals surface area contributed by atoms with Crippen molar-refractivity contribution in [2.24, 2.45) is 0 Å². The molecular weight excluding hydrogens is 571 g/mol. The number of hydrogen-bond donors (Lipinski definition) is 2. The molecule has 1 fully saturated rings. The van der Waals surface area contributed by atoms with Gasteiger partial charge in [-0.25, -0.2) is 32.4 Å². The van der Waals surface area contributed by atoms with E-state index in [0.29, 0.717) is 0 Å². The Balaban J connectivity index is 1.81. The van der Waals surface area contributed by atoms with E-state index >= 15 is 4.39 Å². The highest BCUT2D eigenvalue weighted by Gasteiger charge is 2.56. The molecule has 1 saturated heterocycles. The molecule has 37 heavy (non-hydrogen) atoms. The maximum Gasteiger partial charge on any atom is 0.492 e. The van der Waals surface area contributed by atoms with Crippen molar-refractivity contribution in [1.82, 2.24) is 14.5 Å². The van der Waals surface area contributed by atoms with Crippen molar-refractivity contribution in [1.29, 1.82) is 0 Å². The van der Waals surface area contributed by atoms with Crippen LogP contribution in [0.15, 0.2) is 12.5 Å². The lowest BCUT2D eigenvalue weighted by atomic mass is 9.98. The third-order valence-electron chi connectivity index (χ3n) is 5.25. The molecule has 21 heteroatoms. The van der Waals surface area contributed by atoms with Gasteiger partial charge in [0.25, 0.3) is 0 Å². The summed E-state index contributed by atoms with van der Waals surface area (Å²) in [7, 11) is -10.8. The van der Waals surface area contributed by atoms with Crippen LogP contribution in [0.2, 0.25) is 0 Å². The minimum absolute atomic E-state index is 0.113. The standard InChI is InChI=1S/C16H25F2N4O12P3/c1-16(18)12(23)10(32-15(16)22-6-9(17)11-13(19)20-8-21-14(11)22)7-31-36(25,29-4)34-37(26,30-5)33-35(24,27-2)28-3/h6,8,10,12,15,23H,7H2,1-5H3,(H2,19,20,21)/t10-,12-,15-,16-,36?,37?/m1/s1. The number of nitrogens with two attached hydrogens (primary N) is 1. The molecule has 0 bridgehead atoms. The van der Waals surface area contributed by atoms with Crippen LogP contribution in [0.25, 0.3) is 11.0 Å². The zero-order chi connectivity index (χ0) is 27.8. The molecule has 2 aromatic heterocycles. The van der Waals surface area contributed by atoms with E-state index in [9.17, 15) is 23.2 Å². The molecule has 1 aliphatic rings. The lowest BCUT2D eigenvalue weighted by Gasteiger charge is -2.25. The van der Waals surface area contributed by atoms with Gasteiger partial charge in [-0.3, -0.25) is 27.2 Å². The van der Waals surface area contributed by atoms with Gasteiger partial charge in [-0.1, -0.05) is 0 Å². The van der Waals surface area contributed by atoms with Crippen molar-refractivity contribution < 1.29 is 63.6 Å². The van der Waals surface area contributed by atoms with E-state index in [1.807, 2.05) is 0 Å². The Morgan fingerprint density at radius 3 is 2.22 bits per heavy atom. The van der Waals surface area contributed by atoms with Crippen molar-refractivity contribution in [2.75, 3.05) is 40.8 Å². The smallest absolute Gasteiger partial charge is 0.387 e. The van der Waals surface area contributed by atoms with Gasteiger partial charge >= 0.3 is 23.5 Å². The predicted octanol–water partition coefficient (Wildman–Crippen LogP) is 3.10. The Labute approximate surface area is 209 Å². The molecule has 0 spiro atoms. The van der Waals surface area contributed by atoms with Crippen LogP contribution in [0.5, 0.6) is 0 Å². The molecule has 2 aromatic rings. The molecule has 3 N–H and O–H groups in total. The van der Waals surface area contributed by atoms with Crippen molar-refractivity contribution in [3.8, 4) is 0 Å². The Hall–Kier alpha value is -1.39. The summed E-state index contributed by atoms with van der Waals surface area (Å²) in [6.07, 6.45) is -3.21. The van der Waals surface area contributed by atoms with Gasteiger partial charge in [0.2, 0.25) is 0 Å². The first kappa shape index (κ1) is 30.2. The Kier molecular flexibility index (Phi) is 8.97. The number of nitrogens with zero attached hydrogens (tertiary/aromatic N) is 3. The van der Waals surface area contributed by atoms with E-state index in [4.69, 9.17) is 19.3 Å². The Bertz CT molecular complexity index is 1270. The molecule has 0 saturated carbocycles. The summed E-state index contributed by atoms with van der Waals surface area (Å²) >= 11 is 0. The summed E-state index contributed by atoms with van der Waals surface area (Å²) in [5.41, 5.74) is 3.01. The van der Waals surface area contributed by atoms with E-state index in [1.165, 1.54) is 0 Å². The number of hydrogen-bond acceptors (Lipinski definition) is 15. The Morgan fingerprint density at radius 1 is 1.08 bits per heavy atom. The molecule has 16 nitrogen and oxygen atoms in total. The average molecular weight is 596 g/mol. The molecule has 3 heterocycles. The fourth-order valence-electron chi connectivity index (χ4n) is 3.33. The number of phosphoric acid groups is 3. The number of rotatable bonds is 12. The van der Waals surface area contributed by atoms with Crippen molar-refractivity contribution in [3.63, 3.8) is 0 Å². The summed E-state index contributed by atoms with van der Waals surface area (Å²) in [6.45, 7) is 0.111. The van der Waals surface area contributed by atoms with Crippen LogP contribution in [0, 0.1) is 5.82 Å². The van der Waals surface area contributed by atoms with Gasteiger partial charge in [-0.15, -0.1) is 0 Å². The van der Waals surface area contributed by atoms with Crippen LogP contribution < -0.4 is 5.73 Å². The number of phosphoric ester groups is 2. The SMILES string of the molecule is COP(=O)(OC)OP(=O)(OC)OP(=O)(OC)OC[C@H]1O[C@@H](n2cc(F)c3c(N)ncnc32)[C@](C)(F)[C@@H]1O. The van der Waals surface area contributed by atoms with Crippen LogP contribution in [0.3, 0.4) is 0 Å². The van der Waals surface area contributed by atoms with Crippen molar-refractivity contribution in [3.05, 3.63) is 18.3 Å². The van der Waals surface area contributed by atoms with Gasteiger partial charge in [0, 0.05) is 34.6 Å². The van der Waals surface area contributed by atoms with Crippen LogP contribution in [-0.4, -0.2) is 72.6 Å². The number of alkyl halides is 1. The zero-order valence-corrected chi connectivity index (χ0v) is 22.7. The first-order valence-corrected chi connectivity index (χ1v) is 14.5. The molecule has 0 aromatic carbocycles. The largest absolute Gasteiger partial charge is 0.492 e. The number of fused-ring (bicyclic) bond motifs is 1. The first-order chi connectivity index (χ1) is 17.2. The summed E-state index contributed by atoms with van der Waals surface area (Å²) in [4.78, 5) is 7.58. The second kappa shape index (κ2) is 11.0. The minimum atomic E-state index is -4.96. The van der Waals surface area contributed by atoms with Crippen molar-refractivity contribution >= 4 is 40.3 Å². The molecule has 6 atom stereocenters. The van der Waals surface area contributed by atoms with Gasteiger partial charge in [-0.2, -0.15) is 8.62 Å². The normalized spacial score (nSPS) is 27.8. The van der Waals surface area contributed by atoms with Gasteiger partial charge in [0.1, 0.15) is 24.4 Å². The topological polar surface area (TPSA) is 202 Å². The first-order valence-electron chi connectivity index (χ1n) is 10.1. The summed E-state index contributed by atoms with van der Waals surface area (Å²) in [5.74, 6) is -1.06. The average Bonchev–Trinajstić information content (AvgIpc) is 3.31. The van der Waals surface area contributed by atoms with E-state index in [-0.39, 0.29) is 16.9 Å². The van der Waals surface area contributed by atoms with Crippen LogP contribution in [0.4, 0.5) is 14.6 Å². The second-order valence-corrected chi connectivity index (χ2v) is 13.2. The van der Waals surface area contributed by atoms with Crippen molar-refractivity contribution in [2.45, 2.75) is 31.0 Å². The number of halogens is 2. The molecule has 3 rings (SSSR count). The third-order valence-corrected chi connectivity index (χ3v) is 10.7. The highest BCUT2D eigenvalue weighted by Crippen LogP contribution is 2.72. The van der Waals surface area contributed by atoms with E-state index in [0.717, 1.165) is 52.5 Å². The lowest BCUT2D eigenvalue weighted by Crippen LogP contribution is -2.40. The lowest BCUT2D eigenvalue weighted by molar-refractivity contribution is -0.0563. The van der Waals surface area contributed by atoms with Crippen LogP contribution in [0.1, 0.15) is 13.2 Å². The highest BCUT2D eigenvalue weighted by atomic mass is 31.3. The molecule has 2 unspecified atom stereocenters. The maximum absolute atomic E-state index is 15.6. The monoisotopic (exact) mass is 596 g/mol.